The van der Waals surface area contributed by atoms with E-state index in [2.05, 4.69) is 10.3 Å². The van der Waals surface area contributed by atoms with E-state index in [1.807, 2.05) is 56.3 Å². The molecule has 1 atom stereocenters. The SMILES string of the molecule is Cc1cccnc1NC(=O)[C@@H](C)Sc1ccccc1. The number of aromatic nitrogens is 1. The summed E-state index contributed by atoms with van der Waals surface area (Å²) in [7, 11) is 0. The molecule has 0 fully saturated rings. The number of hydrogen-bond acceptors (Lipinski definition) is 3. The lowest BCUT2D eigenvalue weighted by atomic mass is 10.3. The lowest BCUT2D eigenvalue weighted by Crippen LogP contribution is -2.23. The monoisotopic (exact) mass is 272 g/mol. The number of rotatable bonds is 4. The molecule has 0 aliphatic carbocycles. The molecule has 3 nitrogen and oxygen atoms in total. The van der Waals surface area contributed by atoms with E-state index in [1.54, 1.807) is 6.20 Å². The standard InChI is InChI=1S/C15H16N2OS/c1-11-7-6-10-16-14(11)17-15(18)12(2)19-13-8-4-3-5-9-13/h3-10,12H,1-2H3,(H,16,17,18)/t12-/m1/s1. The lowest BCUT2D eigenvalue weighted by molar-refractivity contribution is -0.115. The highest BCUT2D eigenvalue weighted by atomic mass is 32.2. The van der Waals surface area contributed by atoms with Crippen LogP contribution in [0.2, 0.25) is 0 Å². The van der Waals surface area contributed by atoms with Crippen LogP contribution in [0.25, 0.3) is 0 Å². The minimum Gasteiger partial charge on any atom is -0.310 e. The first-order valence-electron chi connectivity index (χ1n) is 6.11. The van der Waals surface area contributed by atoms with Crippen molar-refractivity contribution in [2.45, 2.75) is 24.0 Å². The molecule has 19 heavy (non-hydrogen) atoms. The Bertz CT molecular complexity index is 557. The van der Waals surface area contributed by atoms with Gasteiger partial charge in [0.25, 0.3) is 0 Å². The van der Waals surface area contributed by atoms with Gasteiger partial charge in [0, 0.05) is 11.1 Å². The van der Waals surface area contributed by atoms with E-state index in [4.69, 9.17) is 0 Å². The zero-order chi connectivity index (χ0) is 13.7. The minimum atomic E-state index is -0.163. The van der Waals surface area contributed by atoms with Crippen LogP contribution in [0.5, 0.6) is 0 Å². The van der Waals surface area contributed by atoms with Crippen molar-refractivity contribution in [2.75, 3.05) is 5.32 Å². The average Bonchev–Trinajstić information content (AvgIpc) is 2.42. The van der Waals surface area contributed by atoms with Crippen LogP contribution in [-0.4, -0.2) is 16.1 Å². The van der Waals surface area contributed by atoms with Crippen molar-refractivity contribution in [2.24, 2.45) is 0 Å². The topological polar surface area (TPSA) is 42.0 Å². The van der Waals surface area contributed by atoms with Gasteiger partial charge in [-0.1, -0.05) is 24.3 Å². The summed E-state index contributed by atoms with van der Waals surface area (Å²) in [6, 6.07) is 13.7. The van der Waals surface area contributed by atoms with Crippen molar-refractivity contribution in [1.29, 1.82) is 0 Å². The fourth-order valence-corrected chi connectivity index (χ4v) is 2.48. The molecule has 0 bridgehead atoms. The average molecular weight is 272 g/mol. The van der Waals surface area contributed by atoms with E-state index in [9.17, 15) is 4.79 Å². The summed E-state index contributed by atoms with van der Waals surface area (Å²) in [4.78, 5) is 17.3. The Hall–Kier alpha value is -1.81. The van der Waals surface area contributed by atoms with Crippen LogP contribution < -0.4 is 5.32 Å². The Morgan fingerprint density at radius 1 is 1.21 bits per heavy atom. The number of anilines is 1. The van der Waals surface area contributed by atoms with Crippen LogP contribution in [0.4, 0.5) is 5.82 Å². The molecule has 1 N–H and O–H groups in total. The van der Waals surface area contributed by atoms with E-state index < -0.39 is 0 Å². The maximum absolute atomic E-state index is 12.1. The second-order valence-corrected chi connectivity index (χ2v) is 5.65. The van der Waals surface area contributed by atoms with Gasteiger partial charge in [-0.15, -0.1) is 11.8 Å². The van der Waals surface area contributed by atoms with Gasteiger partial charge in [0.05, 0.1) is 5.25 Å². The van der Waals surface area contributed by atoms with Crippen molar-refractivity contribution in [1.82, 2.24) is 4.98 Å². The van der Waals surface area contributed by atoms with Gasteiger partial charge in [-0.05, 0) is 37.6 Å². The van der Waals surface area contributed by atoms with Gasteiger partial charge in [0.1, 0.15) is 5.82 Å². The maximum atomic E-state index is 12.1. The van der Waals surface area contributed by atoms with Gasteiger partial charge < -0.3 is 5.32 Å². The molecule has 0 unspecified atom stereocenters. The molecule has 98 valence electrons. The molecule has 1 aromatic heterocycles. The number of carbonyl (C=O) groups is 1. The summed E-state index contributed by atoms with van der Waals surface area (Å²) >= 11 is 1.54. The highest BCUT2D eigenvalue weighted by Crippen LogP contribution is 2.23. The smallest absolute Gasteiger partial charge is 0.238 e. The summed E-state index contributed by atoms with van der Waals surface area (Å²) in [5.41, 5.74) is 0.966. The minimum absolute atomic E-state index is 0.0318. The van der Waals surface area contributed by atoms with Gasteiger partial charge in [0.15, 0.2) is 0 Å². The molecule has 0 saturated heterocycles. The van der Waals surface area contributed by atoms with Gasteiger partial charge in [-0.3, -0.25) is 4.79 Å². The summed E-state index contributed by atoms with van der Waals surface area (Å²) in [6.07, 6.45) is 1.68. The quantitative estimate of drug-likeness (QED) is 0.866. The highest BCUT2D eigenvalue weighted by Gasteiger charge is 2.15. The number of hydrogen-bond donors (Lipinski definition) is 1. The third kappa shape index (κ3) is 3.83. The number of pyridine rings is 1. The number of benzene rings is 1. The molecule has 2 rings (SSSR count). The molecule has 0 radical (unpaired) electrons. The highest BCUT2D eigenvalue weighted by molar-refractivity contribution is 8.00. The third-order valence-electron chi connectivity index (χ3n) is 2.68. The van der Waals surface area contributed by atoms with E-state index >= 15 is 0 Å². The van der Waals surface area contributed by atoms with Crippen LogP contribution in [0.1, 0.15) is 12.5 Å². The Morgan fingerprint density at radius 3 is 2.63 bits per heavy atom. The van der Waals surface area contributed by atoms with Crippen molar-refractivity contribution in [3.63, 3.8) is 0 Å². The second kappa shape index (κ2) is 6.38. The van der Waals surface area contributed by atoms with Gasteiger partial charge in [-0.2, -0.15) is 0 Å². The molecule has 1 heterocycles. The molecule has 2 aromatic rings. The lowest BCUT2D eigenvalue weighted by Gasteiger charge is -2.12. The second-order valence-electron chi connectivity index (χ2n) is 4.23. The van der Waals surface area contributed by atoms with E-state index in [-0.39, 0.29) is 11.2 Å². The normalized spacial score (nSPS) is 11.9. The zero-order valence-corrected chi connectivity index (χ0v) is 11.8. The number of amides is 1. The maximum Gasteiger partial charge on any atom is 0.238 e. The van der Waals surface area contributed by atoms with Crippen LogP contribution in [-0.2, 0) is 4.79 Å². The van der Waals surface area contributed by atoms with Crippen LogP contribution >= 0.6 is 11.8 Å². The van der Waals surface area contributed by atoms with E-state index in [0.717, 1.165) is 10.5 Å². The first-order valence-corrected chi connectivity index (χ1v) is 6.99. The van der Waals surface area contributed by atoms with Crippen molar-refractivity contribution >= 4 is 23.5 Å². The number of nitrogens with one attached hydrogen (secondary N) is 1. The summed E-state index contributed by atoms with van der Waals surface area (Å²) < 4.78 is 0. The summed E-state index contributed by atoms with van der Waals surface area (Å²) in [5, 5.41) is 2.70. The van der Waals surface area contributed by atoms with Crippen molar-refractivity contribution < 1.29 is 4.79 Å². The third-order valence-corrected chi connectivity index (χ3v) is 3.79. The van der Waals surface area contributed by atoms with Crippen molar-refractivity contribution in [3.8, 4) is 0 Å². The van der Waals surface area contributed by atoms with Gasteiger partial charge in [0.2, 0.25) is 5.91 Å². The molecule has 1 aromatic carbocycles. The largest absolute Gasteiger partial charge is 0.310 e. The first kappa shape index (κ1) is 13.6. The number of nitrogens with zero attached hydrogens (tertiary/aromatic N) is 1. The Kier molecular flexibility index (Phi) is 4.58. The number of thioether (sulfide) groups is 1. The molecule has 0 spiro atoms. The Morgan fingerprint density at radius 2 is 1.95 bits per heavy atom. The molecule has 0 saturated carbocycles. The Balaban J connectivity index is 1.99. The fourth-order valence-electron chi connectivity index (χ4n) is 1.59. The first-order chi connectivity index (χ1) is 9.16. The number of aryl methyl sites for hydroxylation is 1. The number of carbonyl (C=O) groups excluding carboxylic acids is 1. The van der Waals surface area contributed by atoms with E-state index in [0.29, 0.717) is 5.82 Å². The molecular formula is C15H16N2OS. The zero-order valence-electron chi connectivity index (χ0n) is 11.0. The predicted octanol–water partition coefficient (Wildman–Crippen LogP) is 3.51. The van der Waals surface area contributed by atoms with Gasteiger partial charge in [-0.25, -0.2) is 4.98 Å². The van der Waals surface area contributed by atoms with Crippen LogP contribution in [0, 0.1) is 6.92 Å². The molecule has 0 aliphatic heterocycles. The predicted molar refractivity (Wildman–Crippen MR) is 79.4 cm³/mol. The van der Waals surface area contributed by atoms with Crippen molar-refractivity contribution in [3.05, 3.63) is 54.2 Å². The molecule has 0 aliphatic rings. The summed E-state index contributed by atoms with van der Waals surface area (Å²) in [5.74, 6) is 0.601. The molecule has 4 heteroatoms. The van der Waals surface area contributed by atoms with Gasteiger partial charge >= 0.3 is 0 Å². The van der Waals surface area contributed by atoms with E-state index in [1.165, 1.54) is 11.8 Å². The fraction of sp³-hybridized carbons (Fsp3) is 0.200. The van der Waals surface area contributed by atoms with Crippen LogP contribution in [0.15, 0.2) is 53.6 Å². The molecule has 1 amide bonds. The summed E-state index contributed by atoms with van der Waals surface area (Å²) in [6.45, 7) is 3.82. The molecular weight excluding hydrogens is 256 g/mol. The Labute approximate surface area is 117 Å². The van der Waals surface area contributed by atoms with Crippen LogP contribution in [0.3, 0.4) is 0 Å².